The van der Waals surface area contributed by atoms with Crippen LogP contribution >= 0.6 is 15.9 Å². The first-order valence-corrected chi connectivity index (χ1v) is 7.70. The molecule has 2 N–H and O–H groups in total. The third-order valence-electron chi connectivity index (χ3n) is 3.67. The van der Waals surface area contributed by atoms with Crippen molar-refractivity contribution in [3.8, 4) is 0 Å². The molecule has 1 aromatic rings. The van der Waals surface area contributed by atoms with Crippen LogP contribution in [0, 0.1) is 5.92 Å². The number of carbonyl (C=O) groups excluding carboxylic acids is 1. The normalized spacial score (nSPS) is 20.2. The predicted octanol–water partition coefficient (Wildman–Crippen LogP) is 3.02. The minimum Gasteiger partial charge on any atom is -0.350 e. The highest BCUT2D eigenvalue weighted by molar-refractivity contribution is 9.10. The summed E-state index contributed by atoms with van der Waals surface area (Å²) in [5.74, 6) is 0.825. The molecule has 1 fully saturated rings. The molecular formula is C15H21BrN2O. The van der Waals surface area contributed by atoms with Crippen LogP contribution in [-0.2, 0) is 4.79 Å². The maximum absolute atomic E-state index is 11.9. The van der Waals surface area contributed by atoms with Crippen LogP contribution in [0.25, 0.3) is 0 Å². The molecule has 1 aliphatic heterocycles. The quantitative estimate of drug-likeness (QED) is 0.874. The Morgan fingerprint density at radius 3 is 3.11 bits per heavy atom. The van der Waals surface area contributed by atoms with Gasteiger partial charge >= 0.3 is 0 Å². The Kier molecular flexibility index (Phi) is 5.40. The molecule has 2 unspecified atom stereocenters. The van der Waals surface area contributed by atoms with Gasteiger partial charge in [-0.25, -0.2) is 0 Å². The lowest BCUT2D eigenvalue weighted by Gasteiger charge is -2.15. The topological polar surface area (TPSA) is 41.1 Å². The standard InChI is InChI=1S/C15H21BrN2O/c1-11(13-3-2-4-14(16)9-13)18-15(19)6-5-12-7-8-17-10-12/h2-4,9,11-12,17H,5-8,10H2,1H3,(H,18,19). The van der Waals surface area contributed by atoms with Gasteiger partial charge < -0.3 is 10.6 Å². The molecular weight excluding hydrogens is 304 g/mol. The lowest BCUT2D eigenvalue weighted by Crippen LogP contribution is -2.27. The fourth-order valence-electron chi connectivity index (χ4n) is 2.47. The third-order valence-corrected chi connectivity index (χ3v) is 4.16. The van der Waals surface area contributed by atoms with Crippen molar-refractivity contribution in [2.75, 3.05) is 13.1 Å². The second-order valence-corrected chi connectivity index (χ2v) is 6.16. The molecule has 104 valence electrons. The van der Waals surface area contributed by atoms with Crippen molar-refractivity contribution in [3.63, 3.8) is 0 Å². The van der Waals surface area contributed by atoms with Gasteiger partial charge in [0.1, 0.15) is 0 Å². The van der Waals surface area contributed by atoms with Crippen molar-refractivity contribution in [2.24, 2.45) is 5.92 Å². The van der Waals surface area contributed by atoms with Gasteiger partial charge in [-0.2, -0.15) is 0 Å². The molecule has 2 rings (SSSR count). The maximum atomic E-state index is 11.9. The van der Waals surface area contributed by atoms with E-state index in [0.29, 0.717) is 12.3 Å². The highest BCUT2D eigenvalue weighted by Crippen LogP contribution is 2.19. The van der Waals surface area contributed by atoms with Crippen LogP contribution in [0.1, 0.15) is 37.8 Å². The van der Waals surface area contributed by atoms with E-state index in [2.05, 4.69) is 26.6 Å². The second kappa shape index (κ2) is 7.06. The molecule has 1 heterocycles. The van der Waals surface area contributed by atoms with Gasteiger partial charge in [0.25, 0.3) is 0 Å². The van der Waals surface area contributed by atoms with Gasteiger partial charge in [0, 0.05) is 10.9 Å². The van der Waals surface area contributed by atoms with Gasteiger partial charge in [0.05, 0.1) is 6.04 Å². The Morgan fingerprint density at radius 2 is 2.42 bits per heavy atom. The summed E-state index contributed by atoms with van der Waals surface area (Å²) < 4.78 is 1.04. The van der Waals surface area contributed by atoms with Crippen LogP contribution in [0.4, 0.5) is 0 Å². The SMILES string of the molecule is CC(NC(=O)CCC1CCNC1)c1cccc(Br)c1. The van der Waals surface area contributed by atoms with Crippen molar-refractivity contribution in [2.45, 2.75) is 32.2 Å². The lowest BCUT2D eigenvalue weighted by atomic mass is 10.0. The molecule has 3 nitrogen and oxygen atoms in total. The largest absolute Gasteiger partial charge is 0.350 e. The fraction of sp³-hybridized carbons (Fsp3) is 0.533. The summed E-state index contributed by atoms with van der Waals surface area (Å²) in [6.45, 7) is 4.19. The molecule has 1 aromatic carbocycles. The van der Waals surface area contributed by atoms with E-state index in [1.807, 2.05) is 31.2 Å². The van der Waals surface area contributed by atoms with Crippen LogP contribution in [0.3, 0.4) is 0 Å². The molecule has 1 aliphatic rings. The van der Waals surface area contributed by atoms with Crippen molar-refractivity contribution < 1.29 is 4.79 Å². The number of carbonyl (C=O) groups is 1. The molecule has 0 bridgehead atoms. The molecule has 0 saturated carbocycles. The van der Waals surface area contributed by atoms with Crippen molar-refractivity contribution in [1.82, 2.24) is 10.6 Å². The lowest BCUT2D eigenvalue weighted by molar-refractivity contribution is -0.122. The number of nitrogens with one attached hydrogen (secondary N) is 2. The molecule has 0 spiro atoms. The third kappa shape index (κ3) is 4.62. The average Bonchev–Trinajstić information content (AvgIpc) is 2.89. The molecule has 2 atom stereocenters. The number of rotatable bonds is 5. The number of hydrogen-bond donors (Lipinski definition) is 2. The number of benzene rings is 1. The highest BCUT2D eigenvalue weighted by Gasteiger charge is 2.16. The van der Waals surface area contributed by atoms with Crippen LogP contribution in [0.5, 0.6) is 0 Å². The first-order chi connectivity index (χ1) is 9.15. The van der Waals surface area contributed by atoms with E-state index < -0.39 is 0 Å². The predicted molar refractivity (Wildman–Crippen MR) is 80.9 cm³/mol. The van der Waals surface area contributed by atoms with E-state index in [1.165, 1.54) is 6.42 Å². The summed E-state index contributed by atoms with van der Waals surface area (Å²) >= 11 is 3.45. The summed E-state index contributed by atoms with van der Waals surface area (Å²) in [6.07, 6.45) is 2.82. The van der Waals surface area contributed by atoms with Gasteiger partial charge in [-0.15, -0.1) is 0 Å². The van der Waals surface area contributed by atoms with Gasteiger partial charge in [0.15, 0.2) is 0 Å². The molecule has 0 aliphatic carbocycles. The Hall–Kier alpha value is -0.870. The van der Waals surface area contributed by atoms with Crippen LogP contribution in [0.2, 0.25) is 0 Å². The zero-order valence-corrected chi connectivity index (χ0v) is 12.9. The van der Waals surface area contributed by atoms with Crippen molar-refractivity contribution >= 4 is 21.8 Å². The molecule has 1 saturated heterocycles. The van der Waals surface area contributed by atoms with Gasteiger partial charge in [-0.3, -0.25) is 4.79 Å². The van der Waals surface area contributed by atoms with E-state index in [0.717, 1.165) is 29.5 Å². The summed E-state index contributed by atoms with van der Waals surface area (Å²) in [5, 5.41) is 6.40. The average molecular weight is 325 g/mol. The second-order valence-electron chi connectivity index (χ2n) is 5.24. The number of amides is 1. The van der Waals surface area contributed by atoms with Gasteiger partial charge in [-0.1, -0.05) is 28.1 Å². The van der Waals surface area contributed by atoms with Crippen molar-refractivity contribution in [3.05, 3.63) is 34.3 Å². The summed E-state index contributed by atoms with van der Waals surface area (Å²) in [5.41, 5.74) is 1.13. The molecule has 19 heavy (non-hydrogen) atoms. The Bertz CT molecular complexity index is 430. The number of hydrogen-bond acceptors (Lipinski definition) is 2. The first-order valence-electron chi connectivity index (χ1n) is 6.90. The van der Waals surface area contributed by atoms with E-state index in [9.17, 15) is 4.79 Å². The summed E-state index contributed by atoms with van der Waals surface area (Å²) in [7, 11) is 0. The molecule has 0 aromatic heterocycles. The number of halogens is 1. The Morgan fingerprint density at radius 1 is 1.58 bits per heavy atom. The monoisotopic (exact) mass is 324 g/mol. The van der Waals surface area contributed by atoms with E-state index in [-0.39, 0.29) is 11.9 Å². The molecule has 1 amide bonds. The van der Waals surface area contributed by atoms with Crippen LogP contribution < -0.4 is 10.6 Å². The fourth-order valence-corrected chi connectivity index (χ4v) is 2.89. The van der Waals surface area contributed by atoms with E-state index in [1.54, 1.807) is 0 Å². The summed E-state index contributed by atoms with van der Waals surface area (Å²) in [4.78, 5) is 11.9. The minimum atomic E-state index is 0.0618. The first kappa shape index (κ1) is 14.5. The van der Waals surface area contributed by atoms with Crippen LogP contribution in [-0.4, -0.2) is 19.0 Å². The van der Waals surface area contributed by atoms with Gasteiger partial charge in [-0.05, 0) is 56.5 Å². The maximum Gasteiger partial charge on any atom is 0.220 e. The zero-order chi connectivity index (χ0) is 13.7. The Labute approximate surface area is 123 Å². The highest BCUT2D eigenvalue weighted by atomic mass is 79.9. The zero-order valence-electron chi connectivity index (χ0n) is 11.3. The van der Waals surface area contributed by atoms with Crippen LogP contribution in [0.15, 0.2) is 28.7 Å². The van der Waals surface area contributed by atoms with E-state index in [4.69, 9.17) is 0 Å². The smallest absolute Gasteiger partial charge is 0.220 e. The summed E-state index contributed by atoms with van der Waals surface area (Å²) in [6, 6.07) is 8.13. The molecule has 0 radical (unpaired) electrons. The van der Waals surface area contributed by atoms with Crippen molar-refractivity contribution in [1.29, 1.82) is 0 Å². The molecule has 4 heteroatoms. The Balaban J connectivity index is 1.77. The van der Waals surface area contributed by atoms with Gasteiger partial charge in [0.2, 0.25) is 5.91 Å². The minimum absolute atomic E-state index is 0.0618. The van der Waals surface area contributed by atoms with E-state index >= 15 is 0 Å².